The SMILES string of the molecule is C1=[N+][SH3]c2ccccc21. The van der Waals surface area contributed by atoms with E-state index in [-0.39, 0.29) is 11.9 Å². The van der Waals surface area contributed by atoms with Gasteiger partial charge in [-0.1, -0.05) is 12.1 Å². The fraction of sp³-hybridized carbons (Fsp3) is 0. The van der Waals surface area contributed by atoms with Gasteiger partial charge in [-0.3, -0.25) is 0 Å². The van der Waals surface area contributed by atoms with E-state index < -0.39 is 0 Å². The van der Waals surface area contributed by atoms with E-state index in [2.05, 4.69) is 28.7 Å². The molecule has 0 N–H and O–H groups in total. The Balaban J connectivity index is 2.63. The van der Waals surface area contributed by atoms with Crippen molar-refractivity contribution in [3.05, 3.63) is 29.8 Å². The fourth-order valence-corrected chi connectivity index (χ4v) is 1.86. The highest BCUT2D eigenvalue weighted by Crippen LogP contribution is 2.21. The monoisotopic (exact) mass is 138 g/mol. The average molecular weight is 138 g/mol. The van der Waals surface area contributed by atoms with Gasteiger partial charge in [0.25, 0.3) is 6.21 Å². The molecule has 0 atom stereocenters. The van der Waals surface area contributed by atoms with Gasteiger partial charge in [-0.15, -0.1) is 0 Å². The van der Waals surface area contributed by atoms with Crippen molar-refractivity contribution in [3.63, 3.8) is 0 Å². The second-order valence-electron chi connectivity index (χ2n) is 2.04. The van der Waals surface area contributed by atoms with Crippen LogP contribution in [0.3, 0.4) is 0 Å². The van der Waals surface area contributed by atoms with Crippen molar-refractivity contribution in [1.29, 1.82) is 0 Å². The summed E-state index contributed by atoms with van der Waals surface area (Å²) in [6, 6.07) is 8.38. The van der Waals surface area contributed by atoms with Gasteiger partial charge in [-0.25, -0.2) is 0 Å². The normalized spacial score (nSPS) is 14.7. The zero-order valence-corrected chi connectivity index (χ0v) is 6.07. The Bertz CT molecular complexity index is 255. The highest BCUT2D eigenvalue weighted by atomic mass is 32.2. The van der Waals surface area contributed by atoms with Crippen molar-refractivity contribution < 1.29 is 0 Å². The van der Waals surface area contributed by atoms with E-state index in [0.717, 1.165) is 0 Å². The van der Waals surface area contributed by atoms with Crippen LogP contribution in [0.1, 0.15) is 5.56 Å². The standard InChI is InChI=1S/C7H8NS/c1-2-4-7-6(3-1)5-8-9-7/h1-5H,9H3/q+1. The van der Waals surface area contributed by atoms with E-state index in [4.69, 9.17) is 0 Å². The van der Waals surface area contributed by atoms with Gasteiger partial charge in [0.1, 0.15) is 0 Å². The summed E-state index contributed by atoms with van der Waals surface area (Å²) in [5.41, 5.74) is 1.31. The third kappa shape index (κ3) is 0.754. The van der Waals surface area contributed by atoms with Gasteiger partial charge in [0, 0.05) is 4.90 Å². The molecular formula is C7H8NS+. The molecule has 1 aromatic carbocycles. The topological polar surface area (TPSA) is 14.1 Å². The quantitative estimate of drug-likeness (QED) is 0.500. The molecule has 1 nitrogen and oxygen atoms in total. The minimum Gasteiger partial charge on any atom is -0.0614 e. The number of benzene rings is 1. The first-order chi connectivity index (χ1) is 4.47. The second-order valence-corrected chi connectivity index (χ2v) is 3.21. The number of nitrogens with zero attached hydrogens (tertiary/aromatic N) is 1. The first-order valence-electron chi connectivity index (χ1n) is 2.92. The maximum Gasteiger partial charge on any atom is 0.257 e. The summed E-state index contributed by atoms with van der Waals surface area (Å²) in [7, 11) is 0. The zero-order chi connectivity index (χ0) is 6.10. The molecule has 2 rings (SSSR count). The Morgan fingerprint density at radius 3 is 3.00 bits per heavy atom. The summed E-state index contributed by atoms with van der Waals surface area (Å²) in [6.07, 6.45) is 1.96. The molecule has 46 valence electrons. The molecule has 1 aliphatic heterocycles. The summed E-state index contributed by atoms with van der Waals surface area (Å²) in [5, 5.41) is 0. The van der Waals surface area contributed by atoms with Crippen molar-refractivity contribution in [1.82, 2.24) is 4.40 Å². The van der Waals surface area contributed by atoms with Gasteiger partial charge < -0.3 is 0 Å². The lowest BCUT2D eigenvalue weighted by atomic mass is 10.2. The zero-order valence-electron chi connectivity index (χ0n) is 4.91. The van der Waals surface area contributed by atoms with Gasteiger partial charge in [0.2, 0.25) is 0 Å². The minimum atomic E-state index is 0.205. The molecule has 0 aliphatic carbocycles. The number of fused-ring (bicyclic) bond motifs is 1. The number of hydrogen-bond acceptors (Lipinski definition) is 1. The maximum absolute atomic E-state index is 4.21. The first kappa shape index (κ1) is 5.06. The molecule has 0 bridgehead atoms. The Hall–Kier alpha value is -0.760. The predicted octanol–water partition coefficient (Wildman–Crippen LogP) is 0.659. The molecule has 0 unspecified atom stereocenters. The molecular weight excluding hydrogens is 130 g/mol. The predicted molar refractivity (Wildman–Crippen MR) is 43.8 cm³/mol. The molecule has 0 fully saturated rings. The highest BCUT2D eigenvalue weighted by Gasteiger charge is 2.09. The van der Waals surface area contributed by atoms with E-state index in [0.29, 0.717) is 0 Å². The van der Waals surface area contributed by atoms with E-state index >= 15 is 0 Å². The Morgan fingerprint density at radius 1 is 1.22 bits per heavy atom. The van der Waals surface area contributed by atoms with Crippen LogP contribution in [0.25, 0.3) is 0 Å². The van der Waals surface area contributed by atoms with Gasteiger partial charge in [0.15, 0.2) is 0 Å². The van der Waals surface area contributed by atoms with E-state index in [1.807, 2.05) is 6.21 Å². The number of rotatable bonds is 0. The lowest BCUT2D eigenvalue weighted by Gasteiger charge is -1.87. The lowest BCUT2D eigenvalue weighted by molar-refractivity contribution is 1.46. The summed E-state index contributed by atoms with van der Waals surface area (Å²) in [6.45, 7) is 0. The molecule has 0 spiro atoms. The third-order valence-corrected chi connectivity index (χ3v) is 2.53. The van der Waals surface area contributed by atoms with Crippen LogP contribution in [-0.2, 0) is 0 Å². The Kier molecular flexibility index (Phi) is 1.06. The number of hydrogen-bond donors (Lipinski definition) is 0. The fourth-order valence-electron chi connectivity index (χ4n) is 0.944. The summed E-state index contributed by atoms with van der Waals surface area (Å²) >= 11 is 0.205. The van der Waals surface area contributed by atoms with Crippen molar-refractivity contribution in [3.8, 4) is 0 Å². The summed E-state index contributed by atoms with van der Waals surface area (Å²) in [5.74, 6) is 0. The van der Waals surface area contributed by atoms with Crippen LogP contribution in [0, 0.1) is 0 Å². The Labute approximate surface area is 57.9 Å². The largest absolute Gasteiger partial charge is 0.257 e. The first-order valence-corrected chi connectivity index (χ1v) is 4.01. The molecule has 2 radical (unpaired) electrons. The second kappa shape index (κ2) is 1.88. The van der Waals surface area contributed by atoms with Gasteiger partial charge in [-0.2, -0.15) is 0 Å². The maximum atomic E-state index is 4.21. The molecule has 1 aromatic rings. The van der Waals surface area contributed by atoms with Crippen LogP contribution < -0.4 is 4.40 Å². The van der Waals surface area contributed by atoms with Gasteiger partial charge in [0.05, 0.1) is 9.96 Å². The van der Waals surface area contributed by atoms with Crippen LogP contribution in [0.2, 0.25) is 0 Å². The third-order valence-electron chi connectivity index (χ3n) is 1.42. The molecule has 0 saturated heterocycles. The van der Waals surface area contributed by atoms with Crippen LogP contribution in [0.4, 0.5) is 0 Å². The summed E-state index contributed by atoms with van der Waals surface area (Å²) < 4.78 is 4.21. The van der Waals surface area contributed by atoms with Gasteiger partial charge in [-0.05, 0) is 24.1 Å². The van der Waals surface area contributed by atoms with E-state index in [1.54, 1.807) is 0 Å². The van der Waals surface area contributed by atoms with Crippen LogP contribution in [0.15, 0.2) is 29.2 Å². The summed E-state index contributed by atoms with van der Waals surface area (Å²) in [4.78, 5) is 1.43. The minimum absolute atomic E-state index is 0.205. The molecule has 2 heteroatoms. The lowest BCUT2D eigenvalue weighted by Crippen LogP contribution is -1.76. The molecule has 9 heavy (non-hydrogen) atoms. The van der Waals surface area contributed by atoms with E-state index in [1.165, 1.54) is 10.5 Å². The van der Waals surface area contributed by atoms with Crippen molar-refractivity contribution >= 4 is 18.2 Å². The van der Waals surface area contributed by atoms with Crippen molar-refractivity contribution in [2.45, 2.75) is 4.90 Å². The van der Waals surface area contributed by atoms with Crippen molar-refractivity contribution in [2.75, 3.05) is 0 Å². The Morgan fingerprint density at radius 2 is 2.11 bits per heavy atom. The molecule has 0 saturated carbocycles. The smallest absolute Gasteiger partial charge is 0.0614 e. The van der Waals surface area contributed by atoms with Crippen LogP contribution >= 0.6 is 11.9 Å². The molecule has 0 amide bonds. The van der Waals surface area contributed by atoms with E-state index in [9.17, 15) is 0 Å². The van der Waals surface area contributed by atoms with Crippen LogP contribution in [0.5, 0.6) is 0 Å². The van der Waals surface area contributed by atoms with Crippen molar-refractivity contribution in [2.24, 2.45) is 0 Å². The van der Waals surface area contributed by atoms with Crippen LogP contribution in [-0.4, -0.2) is 6.21 Å². The molecule has 0 aromatic heterocycles. The molecule has 1 aliphatic rings. The average Bonchev–Trinajstić information content (AvgIpc) is 2.33. The molecule has 1 heterocycles. The highest BCUT2D eigenvalue weighted by molar-refractivity contribution is 7.97. The van der Waals surface area contributed by atoms with Gasteiger partial charge >= 0.3 is 0 Å².